The molecule has 0 amide bonds. The summed E-state index contributed by atoms with van der Waals surface area (Å²) in [6.07, 6.45) is 0. The van der Waals surface area contributed by atoms with Crippen molar-refractivity contribution in [3.8, 4) is 33.4 Å². The Morgan fingerprint density at radius 2 is 0.780 bits per heavy atom. The maximum atomic E-state index is 2.44. The van der Waals surface area contributed by atoms with Crippen molar-refractivity contribution < 1.29 is 0 Å². The highest BCUT2D eigenvalue weighted by Gasteiger charge is 2.47. The summed E-state index contributed by atoms with van der Waals surface area (Å²) in [5.74, 6) is 0. The Kier molecular flexibility index (Phi) is 7.44. The lowest BCUT2D eigenvalue weighted by Crippen LogP contribution is -2.28. The Hall–Kier alpha value is -6.44. The largest absolute Gasteiger partial charge is 0.311 e. The Morgan fingerprint density at radius 1 is 0.300 bits per heavy atom. The fraction of sp³-hybridized carbons (Fsp3) is 0.0204. The molecule has 0 heterocycles. The van der Waals surface area contributed by atoms with Crippen molar-refractivity contribution in [1.29, 1.82) is 0 Å². The predicted octanol–water partition coefficient (Wildman–Crippen LogP) is 12.9. The van der Waals surface area contributed by atoms with Crippen LogP contribution in [0.25, 0.3) is 33.4 Å². The molecule has 0 N–H and O–H groups in total. The zero-order valence-corrected chi connectivity index (χ0v) is 27.7. The Labute approximate surface area is 294 Å². The molecular weight excluding hydrogens is 603 g/mol. The molecule has 8 aromatic rings. The standard InChI is InChI=1S/C49H35N/c1-6-17-36(18-7-1)38-31-34-45-47(35-38)49(39-19-8-2-9-20-39,40-21-10-3-11-22-40)46-28-16-27-44(48(45)46)37-29-32-43(33-30-37)50(41-23-12-4-13-24-41)42-25-14-5-15-26-42/h1-35H. The van der Waals surface area contributed by atoms with E-state index < -0.39 is 5.41 Å². The van der Waals surface area contributed by atoms with Crippen LogP contribution in [0.1, 0.15) is 22.3 Å². The summed E-state index contributed by atoms with van der Waals surface area (Å²) >= 11 is 0. The first-order valence-electron chi connectivity index (χ1n) is 17.3. The maximum Gasteiger partial charge on any atom is 0.0714 e. The summed E-state index contributed by atoms with van der Waals surface area (Å²) in [4.78, 5) is 2.31. The Balaban J connectivity index is 1.26. The van der Waals surface area contributed by atoms with Crippen LogP contribution in [-0.4, -0.2) is 0 Å². The second-order valence-electron chi connectivity index (χ2n) is 12.9. The average Bonchev–Trinajstić information content (AvgIpc) is 3.51. The van der Waals surface area contributed by atoms with Crippen LogP contribution in [-0.2, 0) is 5.41 Å². The molecule has 0 radical (unpaired) electrons. The van der Waals surface area contributed by atoms with Gasteiger partial charge in [-0.3, -0.25) is 0 Å². The molecule has 236 valence electrons. The van der Waals surface area contributed by atoms with Crippen LogP contribution in [0.2, 0.25) is 0 Å². The number of rotatable bonds is 7. The third kappa shape index (κ3) is 4.86. The third-order valence-corrected chi connectivity index (χ3v) is 10.1. The normalized spacial score (nSPS) is 12.6. The van der Waals surface area contributed by atoms with E-state index in [0.717, 1.165) is 17.1 Å². The highest BCUT2D eigenvalue weighted by atomic mass is 15.1. The van der Waals surface area contributed by atoms with Gasteiger partial charge in [0, 0.05) is 17.1 Å². The number of nitrogens with zero attached hydrogens (tertiary/aromatic N) is 1. The van der Waals surface area contributed by atoms with Crippen LogP contribution in [0.4, 0.5) is 17.1 Å². The highest BCUT2D eigenvalue weighted by molar-refractivity contribution is 5.96. The molecule has 0 bridgehead atoms. The number of hydrogen-bond acceptors (Lipinski definition) is 1. The fourth-order valence-electron chi connectivity index (χ4n) is 7.98. The molecule has 0 saturated heterocycles. The van der Waals surface area contributed by atoms with Gasteiger partial charge >= 0.3 is 0 Å². The van der Waals surface area contributed by atoms with Gasteiger partial charge in [0.1, 0.15) is 0 Å². The van der Waals surface area contributed by atoms with Crippen molar-refractivity contribution in [1.82, 2.24) is 0 Å². The first-order chi connectivity index (χ1) is 24.8. The van der Waals surface area contributed by atoms with Gasteiger partial charge < -0.3 is 4.90 Å². The van der Waals surface area contributed by atoms with Crippen molar-refractivity contribution in [3.05, 3.63) is 235 Å². The molecule has 9 rings (SSSR count). The van der Waals surface area contributed by atoms with E-state index in [1.807, 2.05) is 0 Å². The molecule has 0 fully saturated rings. The minimum atomic E-state index is -0.481. The van der Waals surface area contributed by atoms with Crippen LogP contribution >= 0.6 is 0 Å². The third-order valence-electron chi connectivity index (χ3n) is 10.1. The molecule has 1 aliphatic carbocycles. The van der Waals surface area contributed by atoms with Crippen LogP contribution in [0.15, 0.2) is 212 Å². The minimum Gasteiger partial charge on any atom is -0.311 e. The highest BCUT2D eigenvalue weighted by Crippen LogP contribution is 2.59. The van der Waals surface area contributed by atoms with Gasteiger partial charge in [-0.1, -0.05) is 170 Å². The topological polar surface area (TPSA) is 3.24 Å². The summed E-state index contributed by atoms with van der Waals surface area (Å²) in [5.41, 5.74) is 15.5. The SMILES string of the molecule is c1ccc(-c2ccc3c(c2)C(c2ccccc2)(c2ccccc2)c2cccc(-c4ccc(N(c5ccccc5)c5ccccc5)cc4)c2-3)cc1. The molecule has 0 saturated carbocycles. The smallest absolute Gasteiger partial charge is 0.0714 e. The lowest BCUT2D eigenvalue weighted by Gasteiger charge is -2.34. The number of anilines is 3. The zero-order valence-electron chi connectivity index (χ0n) is 27.7. The monoisotopic (exact) mass is 637 g/mol. The number of para-hydroxylation sites is 2. The van der Waals surface area contributed by atoms with Crippen molar-refractivity contribution in [3.63, 3.8) is 0 Å². The molecule has 0 unspecified atom stereocenters. The van der Waals surface area contributed by atoms with Gasteiger partial charge in [0.2, 0.25) is 0 Å². The van der Waals surface area contributed by atoms with Gasteiger partial charge in [-0.2, -0.15) is 0 Å². The summed E-state index contributed by atoms with van der Waals surface area (Å²) < 4.78 is 0. The van der Waals surface area contributed by atoms with Crippen LogP contribution in [0, 0.1) is 0 Å². The van der Waals surface area contributed by atoms with E-state index >= 15 is 0 Å². The molecule has 1 aliphatic rings. The number of benzene rings is 8. The van der Waals surface area contributed by atoms with Crippen molar-refractivity contribution >= 4 is 17.1 Å². The Morgan fingerprint density at radius 3 is 1.34 bits per heavy atom. The van der Waals surface area contributed by atoms with Crippen LogP contribution < -0.4 is 4.90 Å². The number of hydrogen-bond donors (Lipinski definition) is 0. The van der Waals surface area contributed by atoms with Crippen molar-refractivity contribution in [2.45, 2.75) is 5.41 Å². The molecule has 0 atom stereocenters. The van der Waals surface area contributed by atoms with E-state index in [2.05, 4.69) is 217 Å². The van der Waals surface area contributed by atoms with Crippen molar-refractivity contribution in [2.75, 3.05) is 4.90 Å². The minimum absolute atomic E-state index is 0.481. The van der Waals surface area contributed by atoms with E-state index in [1.165, 1.54) is 55.6 Å². The van der Waals surface area contributed by atoms with Crippen LogP contribution in [0.5, 0.6) is 0 Å². The van der Waals surface area contributed by atoms with E-state index in [-0.39, 0.29) is 0 Å². The first kappa shape index (κ1) is 29.7. The summed E-state index contributed by atoms with van der Waals surface area (Å²) in [6.45, 7) is 0. The summed E-state index contributed by atoms with van der Waals surface area (Å²) in [7, 11) is 0. The molecule has 1 nitrogen and oxygen atoms in total. The van der Waals surface area contributed by atoms with Gasteiger partial charge in [0.05, 0.1) is 5.41 Å². The number of fused-ring (bicyclic) bond motifs is 3. The van der Waals surface area contributed by atoms with E-state index in [0.29, 0.717) is 0 Å². The lowest BCUT2D eigenvalue weighted by molar-refractivity contribution is 0.769. The van der Waals surface area contributed by atoms with E-state index in [9.17, 15) is 0 Å². The van der Waals surface area contributed by atoms with Gasteiger partial charge in [0.25, 0.3) is 0 Å². The molecule has 8 aromatic carbocycles. The average molecular weight is 638 g/mol. The maximum absolute atomic E-state index is 2.44. The summed E-state index contributed by atoms with van der Waals surface area (Å²) in [5, 5.41) is 0. The first-order valence-corrected chi connectivity index (χ1v) is 17.3. The van der Waals surface area contributed by atoms with E-state index in [4.69, 9.17) is 0 Å². The quantitative estimate of drug-likeness (QED) is 0.168. The summed E-state index contributed by atoms with van der Waals surface area (Å²) in [6, 6.07) is 77.1. The molecule has 0 spiro atoms. The molecule has 0 aromatic heterocycles. The van der Waals surface area contributed by atoms with Gasteiger partial charge in [0.15, 0.2) is 0 Å². The van der Waals surface area contributed by atoms with Crippen molar-refractivity contribution in [2.24, 2.45) is 0 Å². The second-order valence-corrected chi connectivity index (χ2v) is 12.9. The fourth-order valence-corrected chi connectivity index (χ4v) is 7.98. The molecule has 1 heteroatoms. The predicted molar refractivity (Wildman–Crippen MR) is 209 cm³/mol. The van der Waals surface area contributed by atoms with Gasteiger partial charge in [-0.15, -0.1) is 0 Å². The van der Waals surface area contributed by atoms with Gasteiger partial charge in [-0.05, 0) is 98.1 Å². The molecule has 50 heavy (non-hydrogen) atoms. The zero-order chi connectivity index (χ0) is 33.3. The molecular formula is C49H35N. The Bertz CT molecular complexity index is 2300. The van der Waals surface area contributed by atoms with Crippen LogP contribution in [0.3, 0.4) is 0 Å². The lowest BCUT2D eigenvalue weighted by atomic mass is 9.67. The van der Waals surface area contributed by atoms with E-state index in [1.54, 1.807) is 0 Å². The second kappa shape index (κ2) is 12.5. The molecule has 0 aliphatic heterocycles. The van der Waals surface area contributed by atoms with Gasteiger partial charge in [-0.25, -0.2) is 0 Å².